The summed E-state index contributed by atoms with van der Waals surface area (Å²) in [6, 6.07) is 12.0. The van der Waals surface area contributed by atoms with E-state index in [1.54, 1.807) is 12.4 Å². The summed E-state index contributed by atoms with van der Waals surface area (Å²) in [5.41, 5.74) is 2.16. The second-order valence-corrected chi connectivity index (χ2v) is 3.84. The minimum Gasteiger partial charge on any atom is -0.265 e. The van der Waals surface area contributed by atoms with Gasteiger partial charge in [-0.2, -0.15) is 5.10 Å². The van der Waals surface area contributed by atoms with Crippen molar-refractivity contribution < 1.29 is 0 Å². The second kappa shape index (κ2) is 4.29. The number of nitrogens with zero attached hydrogens (tertiary/aromatic N) is 3. The molecule has 0 spiro atoms. The maximum atomic E-state index is 4.18. The van der Waals surface area contributed by atoms with Crippen LogP contribution in [0.15, 0.2) is 48.8 Å². The zero-order chi connectivity index (χ0) is 11.5. The lowest BCUT2D eigenvalue weighted by Gasteiger charge is -2.03. The fourth-order valence-corrected chi connectivity index (χ4v) is 1.85. The zero-order valence-electron chi connectivity index (χ0n) is 9.17. The largest absolute Gasteiger partial charge is 0.265 e. The van der Waals surface area contributed by atoms with E-state index in [4.69, 9.17) is 0 Å². The lowest BCUT2D eigenvalue weighted by atomic mass is 10.1. The Kier molecular flexibility index (Phi) is 2.50. The molecule has 2 aromatic heterocycles. The molecule has 0 fully saturated rings. The van der Waals surface area contributed by atoms with Crippen molar-refractivity contribution in [3.63, 3.8) is 0 Å². The van der Waals surface area contributed by atoms with E-state index in [-0.39, 0.29) is 0 Å². The fraction of sp³-hybridized carbons (Fsp3) is 0.0714. The number of rotatable bonds is 2. The monoisotopic (exact) mass is 220 g/mol. The van der Waals surface area contributed by atoms with Gasteiger partial charge in [0.25, 0.3) is 0 Å². The van der Waals surface area contributed by atoms with Crippen molar-refractivity contribution in [3.05, 3.63) is 66.2 Å². The van der Waals surface area contributed by atoms with Crippen LogP contribution in [0.5, 0.6) is 0 Å². The smallest absolute Gasteiger partial charge is 0.122 e. The van der Waals surface area contributed by atoms with E-state index in [1.165, 1.54) is 5.56 Å². The van der Waals surface area contributed by atoms with Crippen molar-refractivity contribution >= 4 is 10.8 Å². The summed E-state index contributed by atoms with van der Waals surface area (Å²) in [5.74, 6) is 0. The van der Waals surface area contributed by atoms with Gasteiger partial charge in [0, 0.05) is 29.6 Å². The minimum absolute atomic E-state index is 0.769. The summed E-state index contributed by atoms with van der Waals surface area (Å²) in [6.07, 6.45) is 7.26. The number of aromatic nitrogens is 3. The SMILES string of the molecule is [c]1nnc(Cc2ccncc2)c2ccccc12. The average Bonchev–Trinajstić information content (AvgIpc) is 2.40. The van der Waals surface area contributed by atoms with Crippen LogP contribution in [0.2, 0.25) is 0 Å². The molecular formula is C14H10N3. The van der Waals surface area contributed by atoms with Crippen molar-refractivity contribution in [2.24, 2.45) is 0 Å². The summed E-state index contributed by atoms with van der Waals surface area (Å²) >= 11 is 0. The van der Waals surface area contributed by atoms with Crippen LogP contribution in [0, 0.1) is 6.20 Å². The summed E-state index contributed by atoms with van der Waals surface area (Å²) in [4.78, 5) is 4.01. The van der Waals surface area contributed by atoms with E-state index in [0.29, 0.717) is 0 Å². The van der Waals surface area contributed by atoms with Crippen LogP contribution in [-0.4, -0.2) is 15.2 Å². The Morgan fingerprint density at radius 1 is 1.00 bits per heavy atom. The Hall–Kier alpha value is -2.29. The fourth-order valence-electron chi connectivity index (χ4n) is 1.85. The van der Waals surface area contributed by atoms with Gasteiger partial charge in [0.15, 0.2) is 0 Å². The molecule has 3 aromatic rings. The van der Waals surface area contributed by atoms with Crippen molar-refractivity contribution in [3.8, 4) is 0 Å². The van der Waals surface area contributed by atoms with E-state index < -0.39 is 0 Å². The van der Waals surface area contributed by atoms with Crippen LogP contribution < -0.4 is 0 Å². The van der Waals surface area contributed by atoms with E-state index in [2.05, 4.69) is 27.4 Å². The summed E-state index contributed by atoms with van der Waals surface area (Å²) in [6.45, 7) is 0. The number of benzene rings is 1. The molecule has 0 aliphatic heterocycles. The lowest BCUT2D eigenvalue weighted by molar-refractivity contribution is 0.952. The molecule has 17 heavy (non-hydrogen) atoms. The topological polar surface area (TPSA) is 38.7 Å². The van der Waals surface area contributed by atoms with Gasteiger partial charge in [-0.05, 0) is 17.7 Å². The third-order valence-corrected chi connectivity index (χ3v) is 2.70. The van der Waals surface area contributed by atoms with E-state index >= 15 is 0 Å². The highest BCUT2D eigenvalue weighted by Gasteiger charge is 2.04. The van der Waals surface area contributed by atoms with Gasteiger partial charge < -0.3 is 0 Å². The maximum Gasteiger partial charge on any atom is 0.122 e. The predicted octanol–water partition coefficient (Wildman–Crippen LogP) is 2.42. The first-order valence-corrected chi connectivity index (χ1v) is 5.44. The molecule has 1 radical (unpaired) electrons. The van der Waals surface area contributed by atoms with Gasteiger partial charge >= 0.3 is 0 Å². The highest BCUT2D eigenvalue weighted by Crippen LogP contribution is 2.17. The Morgan fingerprint density at radius 2 is 1.82 bits per heavy atom. The first-order chi connectivity index (χ1) is 8.43. The Bertz CT molecular complexity index is 630. The Labute approximate surface area is 99.2 Å². The van der Waals surface area contributed by atoms with Gasteiger partial charge in [0.05, 0.1) is 5.69 Å². The Morgan fingerprint density at radius 3 is 2.71 bits per heavy atom. The molecule has 1 aromatic carbocycles. The Balaban J connectivity index is 2.06. The predicted molar refractivity (Wildman–Crippen MR) is 65.4 cm³/mol. The van der Waals surface area contributed by atoms with Crippen molar-refractivity contribution in [2.75, 3.05) is 0 Å². The molecule has 0 atom stereocenters. The molecule has 0 unspecified atom stereocenters. The molecule has 0 bridgehead atoms. The third-order valence-electron chi connectivity index (χ3n) is 2.70. The van der Waals surface area contributed by atoms with Gasteiger partial charge in [-0.1, -0.05) is 24.3 Å². The molecule has 0 N–H and O–H groups in total. The number of hydrogen-bond donors (Lipinski definition) is 0. The number of hydrogen-bond acceptors (Lipinski definition) is 3. The highest BCUT2D eigenvalue weighted by molar-refractivity contribution is 5.83. The molecule has 3 nitrogen and oxygen atoms in total. The van der Waals surface area contributed by atoms with Gasteiger partial charge in [0.1, 0.15) is 6.20 Å². The average molecular weight is 220 g/mol. The van der Waals surface area contributed by atoms with E-state index in [1.807, 2.05) is 30.3 Å². The van der Waals surface area contributed by atoms with Crippen LogP contribution in [0.4, 0.5) is 0 Å². The van der Waals surface area contributed by atoms with Crippen LogP contribution >= 0.6 is 0 Å². The second-order valence-electron chi connectivity index (χ2n) is 3.84. The molecule has 3 rings (SSSR count). The van der Waals surface area contributed by atoms with E-state index in [9.17, 15) is 0 Å². The summed E-state index contributed by atoms with van der Waals surface area (Å²) in [7, 11) is 0. The molecule has 0 saturated heterocycles. The molecule has 3 heteroatoms. The zero-order valence-corrected chi connectivity index (χ0v) is 9.17. The summed E-state index contributed by atoms with van der Waals surface area (Å²) in [5, 5.41) is 10.2. The van der Waals surface area contributed by atoms with Crippen molar-refractivity contribution in [1.29, 1.82) is 0 Å². The quantitative estimate of drug-likeness (QED) is 0.665. The third kappa shape index (κ3) is 1.99. The maximum absolute atomic E-state index is 4.18. The molecular weight excluding hydrogens is 210 g/mol. The first-order valence-electron chi connectivity index (χ1n) is 5.44. The number of pyridine rings is 1. The first kappa shape index (κ1) is 9.90. The molecule has 2 heterocycles. The lowest BCUT2D eigenvalue weighted by Crippen LogP contribution is -1.96. The standard InChI is InChI=1S/C14H10N3/c1-2-4-13-12(3-1)10-16-17-14(13)9-11-5-7-15-8-6-11/h1-8H,9H2. The van der Waals surface area contributed by atoms with Crippen molar-refractivity contribution in [1.82, 2.24) is 15.2 Å². The van der Waals surface area contributed by atoms with Crippen LogP contribution in [0.25, 0.3) is 10.8 Å². The molecule has 0 amide bonds. The van der Waals surface area contributed by atoms with Crippen LogP contribution in [-0.2, 0) is 6.42 Å². The van der Waals surface area contributed by atoms with Gasteiger partial charge in [-0.15, -0.1) is 5.10 Å². The molecule has 0 saturated carbocycles. The molecule has 0 aliphatic carbocycles. The van der Waals surface area contributed by atoms with Gasteiger partial charge in [0.2, 0.25) is 0 Å². The van der Waals surface area contributed by atoms with Gasteiger partial charge in [-0.25, -0.2) is 0 Å². The molecule has 0 aliphatic rings. The van der Waals surface area contributed by atoms with Gasteiger partial charge in [-0.3, -0.25) is 4.98 Å². The van der Waals surface area contributed by atoms with Crippen LogP contribution in [0.1, 0.15) is 11.3 Å². The highest BCUT2D eigenvalue weighted by atomic mass is 15.1. The normalized spacial score (nSPS) is 10.6. The number of fused-ring (bicyclic) bond motifs is 1. The van der Waals surface area contributed by atoms with Crippen molar-refractivity contribution in [2.45, 2.75) is 6.42 Å². The minimum atomic E-state index is 0.769. The van der Waals surface area contributed by atoms with E-state index in [0.717, 1.165) is 22.9 Å². The van der Waals surface area contributed by atoms with Crippen LogP contribution in [0.3, 0.4) is 0 Å². The summed E-state index contributed by atoms with van der Waals surface area (Å²) < 4.78 is 0. The molecule has 81 valence electrons.